The number of carbonyl (C=O) groups is 1. The van der Waals surface area contributed by atoms with Crippen LogP contribution in [0.25, 0.3) is 0 Å². The van der Waals surface area contributed by atoms with Crippen molar-refractivity contribution in [3.63, 3.8) is 0 Å². The van der Waals surface area contributed by atoms with Crippen LogP contribution < -0.4 is 5.32 Å². The molecule has 1 atom stereocenters. The van der Waals surface area contributed by atoms with Gasteiger partial charge in [0.05, 0.1) is 16.0 Å². The molecule has 0 radical (unpaired) electrons. The number of hydrogen-bond donors (Lipinski definition) is 1. The molecule has 18 heavy (non-hydrogen) atoms. The number of hydrogen-bond acceptors (Lipinski definition) is 1. The van der Waals surface area contributed by atoms with E-state index in [0.717, 1.165) is 5.56 Å². The second kappa shape index (κ2) is 6.81. The van der Waals surface area contributed by atoms with Gasteiger partial charge in [-0.1, -0.05) is 49.2 Å². The lowest BCUT2D eigenvalue weighted by Gasteiger charge is -2.20. The van der Waals surface area contributed by atoms with E-state index in [4.69, 9.17) is 23.2 Å². The van der Waals surface area contributed by atoms with Gasteiger partial charge in [-0.25, -0.2) is 0 Å². The summed E-state index contributed by atoms with van der Waals surface area (Å²) in [5.74, 6) is -0.0879. The number of amides is 1. The zero-order valence-corrected chi connectivity index (χ0v) is 12.1. The molecule has 1 rings (SSSR count). The number of rotatable bonds is 5. The van der Waals surface area contributed by atoms with E-state index in [1.807, 2.05) is 19.9 Å². The topological polar surface area (TPSA) is 29.1 Å². The van der Waals surface area contributed by atoms with Crippen LogP contribution in [-0.2, 0) is 4.79 Å². The Morgan fingerprint density at radius 1 is 1.39 bits per heavy atom. The fraction of sp³-hybridized carbons (Fsp3) is 0.357. The van der Waals surface area contributed by atoms with Gasteiger partial charge in [0.1, 0.15) is 0 Å². The molecule has 98 valence electrons. The van der Waals surface area contributed by atoms with E-state index in [1.165, 1.54) is 0 Å². The fourth-order valence-electron chi connectivity index (χ4n) is 1.83. The Morgan fingerprint density at radius 2 is 2.06 bits per heavy atom. The molecule has 0 heterocycles. The van der Waals surface area contributed by atoms with E-state index in [-0.39, 0.29) is 17.7 Å². The van der Waals surface area contributed by atoms with Gasteiger partial charge in [-0.2, -0.15) is 0 Å². The summed E-state index contributed by atoms with van der Waals surface area (Å²) in [7, 11) is 0. The average molecular weight is 286 g/mol. The lowest BCUT2D eigenvalue weighted by atomic mass is 9.87. The van der Waals surface area contributed by atoms with Crippen molar-refractivity contribution in [1.29, 1.82) is 0 Å². The van der Waals surface area contributed by atoms with Crippen LogP contribution in [0.15, 0.2) is 30.9 Å². The van der Waals surface area contributed by atoms with Crippen LogP contribution in [0.3, 0.4) is 0 Å². The summed E-state index contributed by atoms with van der Waals surface area (Å²) in [6.07, 6.45) is 1.66. The molecule has 1 aromatic rings. The van der Waals surface area contributed by atoms with Crippen molar-refractivity contribution in [2.75, 3.05) is 6.54 Å². The van der Waals surface area contributed by atoms with E-state index >= 15 is 0 Å². The van der Waals surface area contributed by atoms with Gasteiger partial charge < -0.3 is 5.32 Å². The molecule has 1 aromatic carbocycles. The largest absolute Gasteiger partial charge is 0.352 e. The Hall–Kier alpha value is -0.990. The van der Waals surface area contributed by atoms with Gasteiger partial charge in [-0.15, -0.1) is 6.58 Å². The number of halogens is 2. The monoisotopic (exact) mass is 285 g/mol. The second-order valence-electron chi connectivity index (χ2n) is 4.43. The van der Waals surface area contributed by atoms with Crippen molar-refractivity contribution < 1.29 is 4.79 Å². The van der Waals surface area contributed by atoms with Crippen LogP contribution in [-0.4, -0.2) is 12.5 Å². The van der Waals surface area contributed by atoms with E-state index < -0.39 is 0 Å². The van der Waals surface area contributed by atoms with Gasteiger partial charge in [0.2, 0.25) is 5.91 Å². The Morgan fingerprint density at radius 3 is 2.56 bits per heavy atom. The summed E-state index contributed by atoms with van der Waals surface area (Å²) >= 11 is 11.9. The minimum atomic E-state index is -0.236. The summed E-state index contributed by atoms with van der Waals surface area (Å²) in [5, 5.41) is 3.78. The molecule has 0 fully saturated rings. The minimum absolute atomic E-state index is 0.0247. The molecule has 1 unspecified atom stereocenters. The zero-order valence-electron chi connectivity index (χ0n) is 10.5. The molecule has 1 amide bonds. The molecule has 0 aliphatic carbocycles. The Labute approximate surface area is 118 Å². The third-order valence-electron chi connectivity index (χ3n) is 2.67. The van der Waals surface area contributed by atoms with Crippen LogP contribution in [0.5, 0.6) is 0 Å². The molecule has 0 saturated heterocycles. The normalized spacial score (nSPS) is 12.3. The molecule has 0 aromatic heterocycles. The van der Waals surface area contributed by atoms with Gasteiger partial charge in [-0.3, -0.25) is 4.79 Å². The predicted octanol–water partition coefficient (Wildman–Crippen LogP) is 4.04. The summed E-state index contributed by atoms with van der Waals surface area (Å²) in [5.41, 5.74) is 0.876. The van der Waals surface area contributed by atoms with Crippen LogP contribution in [0.4, 0.5) is 0 Å². The van der Waals surface area contributed by atoms with Gasteiger partial charge in [0.25, 0.3) is 0 Å². The van der Waals surface area contributed by atoms with E-state index in [9.17, 15) is 4.79 Å². The van der Waals surface area contributed by atoms with Crippen molar-refractivity contribution in [1.82, 2.24) is 5.32 Å². The highest BCUT2D eigenvalue weighted by Crippen LogP contribution is 2.30. The first-order valence-corrected chi connectivity index (χ1v) is 6.56. The Balaban J connectivity index is 3.00. The summed E-state index contributed by atoms with van der Waals surface area (Å²) < 4.78 is 0. The lowest BCUT2D eigenvalue weighted by molar-refractivity contribution is -0.123. The minimum Gasteiger partial charge on any atom is -0.352 e. The summed E-state index contributed by atoms with van der Waals surface area (Å²) in [6.45, 7) is 8.05. The molecular formula is C14H17Cl2NO. The van der Waals surface area contributed by atoms with E-state index in [0.29, 0.717) is 16.6 Å². The molecule has 2 nitrogen and oxygen atoms in total. The number of carbonyl (C=O) groups excluding carboxylic acids is 1. The first-order chi connectivity index (χ1) is 8.47. The molecule has 0 aliphatic rings. The van der Waals surface area contributed by atoms with Crippen LogP contribution in [0, 0.1) is 5.92 Å². The van der Waals surface area contributed by atoms with Gasteiger partial charge in [0, 0.05) is 6.54 Å². The molecule has 0 aliphatic heterocycles. The second-order valence-corrected chi connectivity index (χ2v) is 5.24. The highest BCUT2D eigenvalue weighted by Gasteiger charge is 2.24. The van der Waals surface area contributed by atoms with Crippen LogP contribution in [0.1, 0.15) is 25.3 Å². The third kappa shape index (κ3) is 3.76. The maximum absolute atomic E-state index is 12.1. The predicted molar refractivity (Wildman–Crippen MR) is 77.2 cm³/mol. The van der Waals surface area contributed by atoms with Crippen molar-refractivity contribution in [2.24, 2.45) is 5.92 Å². The van der Waals surface area contributed by atoms with Crippen molar-refractivity contribution in [2.45, 2.75) is 19.8 Å². The standard InChI is InChI=1S/C14H17Cl2NO/c1-4-7-17-14(18)13(9(2)3)10-5-6-11(15)12(16)8-10/h4-6,8-9,13H,1,7H2,2-3H3,(H,17,18). The highest BCUT2D eigenvalue weighted by atomic mass is 35.5. The SMILES string of the molecule is C=CCNC(=O)C(c1ccc(Cl)c(Cl)c1)C(C)C. The van der Waals surface area contributed by atoms with Crippen LogP contribution >= 0.6 is 23.2 Å². The van der Waals surface area contributed by atoms with Crippen molar-refractivity contribution in [3.05, 3.63) is 46.5 Å². The smallest absolute Gasteiger partial charge is 0.228 e. The molecule has 0 spiro atoms. The quantitative estimate of drug-likeness (QED) is 0.813. The Bertz CT molecular complexity index is 443. The summed E-state index contributed by atoms with van der Waals surface area (Å²) in [4.78, 5) is 12.1. The van der Waals surface area contributed by atoms with Crippen molar-refractivity contribution in [3.8, 4) is 0 Å². The van der Waals surface area contributed by atoms with E-state index in [1.54, 1.807) is 18.2 Å². The van der Waals surface area contributed by atoms with Gasteiger partial charge in [0.15, 0.2) is 0 Å². The maximum atomic E-state index is 12.1. The first kappa shape index (κ1) is 15.1. The van der Waals surface area contributed by atoms with E-state index in [2.05, 4.69) is 11.9 Å². The summed E-state index contributed by atoms with van der Waals surface area (Å²) in [6, 6.07) is 5.31. The van der Waals surface area contributed by atoms with Gasteiger partial charge in [-0.05, 0) is 23.6 Å². The zero-order chi connectivity index (χ0) is 13.7. The lowest BCUT2D eigenvalue weighted by Crippen LogP contribution is -2.32. The first-order valence-electron chi connectivity index (χ1n) is 5.81. The fourth-order valence-corrected chi connectivity index (χ4v) is 2.13. The van der Waals surface area contributed by atoms with Crippen LogP contribution in [0.2, 0.25) is 10.0 Å². The molecule has 0 bridgehead atoms. The molecule has 0 saturated carbocycles. The maximum Gasteiger partial charge on any atom is 0.228 e. The Kier molecular flexibility index (Phi) is 5.70. The molecule has 4 heteroatoms. The van der Waals surface area contributed by atoms with Crippen molar-refractivity contribution >= 4 is 29.1 Å². The molecular weight excluding hydrogens is 269 g/mol. The highest BCUT2D eigenvalue weighted by molar-refractivity contribution is 6.42. The number of nitrogens with one attached hydrogen (secondary N) is 1. The van der Waals surface area contributed by atoms with Gasteiger partial charge >= 0.3 is 0 Å². The average Bonchev–Trinajstić information content (AvgIpc) is 2.31. The molecule has 1 N–H and O–H groups in total. The third-order valence-corrected chi connectivity index (χ3v) is 3.41. The number of benzene rings is 1.